The maximum atomic E-state index is 11.9. The molecule has 1 saturated carbocycles. The molecule has 0 saturated heterocycles. The van der Waals surface area contributed by atoms with Gasteiger partial charge in [0.2, 0.25) is 0 Å². The Bertz CT molecular complexity index is 278. The maximum Gasteiger partial charge on any atom is 0.315 e. The van der Waals surface area contributed by atoms with Crippen LogP contribution < -0.4 is 10.6 Å². The van der Waals surface area contributed by atoms with Crippen LogP contribution in [0.4, 0.5) is 4.79 Å². The fourth-order valence-corrected chi connectivity index (χ4v) is 2.72. The van der Waals surface area contributed by atoms with Gasteiger partial charge in [0.25, 0.3) is 0 Å². The first-order valence-electron chi connectivity index (χ1n) is 7.85. The lowest BCUT2D eigenvalue weighted by atomic mass is 9.85. The molecule has 1 aliphatic carbocycles. The molecule has 0 aromatic heterocycles. The Labute approximate surface area is 122 Å². The molecular formula is C15H30N2O3. The predicted molar refractivity (Wildman–Crippen MR) is 79.8 cm³/mol. The number of amides is 2. The molecule has 0 aromatic rings. The summed E-state index contributed by atoms with van der Waals surface area (Å²) in [7, 11) is 1.64. The van der Waals surface area contributed by atoms with E-state index >= 15 is 0 Å². The molecule has 5 heteroatoms. The lowest BCUT2D eigenvalue weighted by Gasteiger charge is -2.32. The second-order valence-corrected chi connectivity index (χ2v) is 5.91. The minimum Gasteiger partial charge on any atom is -0.388 e. The van der Waals surface area contributed by atoms with E-state index in [4.69, 9.17) is 4.74 Å². The molecule has 1 unspecified atom stereocenters. The van der Waals surface area contributed by atoms with E-state index in [1.54, 1.807) is 7.11 Å². The van der Waals surface area contributed by atoms with Gasteiger partial charge in [0.15, 0.2) is 0 Å². The molecule has 0 aromatic carbocycles. The number of carbonyl (C=O) groups is 1. The molecule has 20 heavy (non-hydrogen) atoms. The Morgan fingerprint density at radius 2 is 2.05 bits per heavy atom. The molecule has 3 N–H and O–H groups in total. The monoisotopic (exact) mass is 286 g/mol. The van der Waals surface area contributed by atoms with Gasteiger partial charge < -0.3 is 20.5 Å². The maximum absolute atomic E-state index is 11.9. The Kier molecular flexibility index (Phi) is 7.92. The number of ether oxygens (including phenoxy) is 1. The SMILES string of the molecule is CCCCC(COC)NC(=O)NCC1(O)CCCCC1. The quantitative estimate of drug-likeness (QED) is 0.640. The Hall–Kier alpha value is -0.810. The van der Waals surface area contributed by atoms with Crippen LogP contribution in [0.3, 0.4) is 0 Å². The number of urea groups is 1. The standard InChI is InChI=1S/C15H30N2O3/c1-3-4-8-13(11-20-2)17-14(18)16-12-15(19)9-6-5-7-10-15/h13,19H,3-12H2,1-2H3,(H2,16,17,18). The zero-order chi connectivity index (χ0) is 14.8. The van der Waals surface area contributed by atoms with Crippen molar-refractivity contribution in [2.45, 2.75) is 69.9 Å². The topological polar surface area (TPSA) is 70.6 Å². The summed E-state index contributed by atoms with van der Waals surface area (Å²) in [6, 6.07) is -0.164. The third kappa shape index (κ3) is 6.57. The van der Waals surface area contributed by atoms with Crippen molar-refractivity contribution in [1.29, 1.82) is 0 Å². The third-order valence-electron chi connectivity index (χ3n) is 3.97. The molecule has 1 aliphatic rings. The summed E-state index contributed by atoms with van der Waals surface area (Å²) in [5.74, 6) is 0. The number of carbonyl (C=O) groups excluding carboxylic acids is 1. The highest BCUT2D eigenvalue weighted by Crippen LogP contribution is 2.27. The minimum atomic E-state index is -0.713. The molecule has 1 rings (SSSR count). The Morgan fingerprint density at radius 3 is 2.65 bits per heavy atom. The molecule has 1 atom stereocenters. The Balaban J connectivity index is 2.29. The molecule has 0 aliphatic heterocycles. The van der Waals surface area contributed by atoms with Crippen LogP contribution in [0.5, 0.6) is 0 Å². The average Bonchev–Trinajstić information content (AvgIpc) is 2.44. The van der Waals surface area contributed by atoms with E-state index in [9.17, 15) is 9.90 Å². The van der Waals surface area contributed by atoms with E-state index in [2.05, 4.69) is 17.6 Å². The van der Waals surface area contributed by atoms with Crippen LogP contribution in [0.15, 0.2) is 0 Å². The van der Waals surface area contributed by atoms with Crippen molar-refractivity contribution in [3.05, 3.63) is 0 Å². The number of nitrogens with one attached hydrogen (secondary N) is 2. The largest absolute Gasteiger partial charge is 0.388 e. The van der Waals surface area contributed by atoms with Crippen molar-refractivity contribution < 1.29 is 14.6 Å². The third-order valence-corrected chi connectivity index (χ3v) is 3.97. The molecular weight excluding hydrogens is 256 g/mol. The molecule has 0 spiro atoms. The van der Waals surface area contributed by atoms with Gasteiger partial charge in [-0.25, -0.2) is 4.79 Å². The first-order valence-corrected chi connectivity index (χ1v) is 7.85. The van der Waals surface area contributed by atoms with Crippen molar-refractivity contribution in [1.82, 2.24) is 10.6 Å². The summed E-state index contributed by atoms with van der Waals surface area (Å²) in [5, 5.41) is 16.1. The van der Waals surface area contributed by atoms with E-state index in [1.807, 2.05) is 0 Å². The summed E-state index contributed by atoms with van der Waals surface area (Å²) >= 11 is 0. The first kappa shape index (κ1) is 17.2. The van der Waals surface area contributed by atoms with Gasteiger partial charge in [0, 0.05) is 13.7 Å². The van der Waals surface area contributed by atoms with Crippen molar-refractivity contribution in [2.75, 3.05) is 20.3 Å². The van der Waals surface area contributed by atoms with Gasteiger partial charge in [-0.2, -0.15) is 0 Å². The normalized spacial score (nSPS) is 19.4. The van der Waals surface area contributed by atoms with E-state index < -0.39 is 5.60 Å². The van der Waals surface area contributed by atoms with Crippen molar-refractivity contribution >= 4 is 6.03 Å². The van der Waals surface area contributed by atoms with Crippen LogP contribution in [0, 0.1) is 0 Å². The van der Waals surface area contributed by atoms with Crippen LogP contribution in [-0.2, 0) is 4.74 Å². The van der Waals surface area contributed by atoms with E-state index in [1.165, 1.54) is 6.42 Å². The predicted octanol–water partition coefficient (Wildman–Crippen LogP) is 2.19. The molecule has 5 nitrogen and oxygen atoms in total. The van der Waals surface area contributed by atoms with Crippen LogP contribution >= 0.6 is 0 Å². The first-order chi connectivity index (χ1) is 9.59. The second kappa shape index (κ2) is 9.19. The highest BCUT2D eigenvalue weighted by atomic mass is 16.5. The van der Waals surface area contributed by atoms with Crippen LogP contribution in [-0.4, -0.2) is 43.0 Å². The van der Waals surface area contributed by atoms with Crippen molar-refractivity contribution in [2.24, 2.45) is 0 Å². The summed E-state index contributed by atoms with van der Waals surface area (Å²) in [5.41, 5.74) is -0.713. The smallest absolute Gasteiger partial charge is 0.315 e. The summed E-state index contributed by atoms with van der Waals surface area (Å²) in [6.45, 7) is 2.99. The summed E-state index contributed by atoms with van der Waals surface area (Å²) in [4.78, 5) is 11.9. The molecule has 0 heterocycles. The molecule has 118 valence electrons. The minimum absolute atomic E-state index is 0.0425. The molecule has 2 amide bonds. The zero-order valence-electron chi connectivity index (χ0n) is 12.9. The van der Waals surface area contributed by atoms with Crippen molar-refractivity contribution in [3.63, 3.8) is 0 Å². The van der Waals surface area contributed by atoms with Gasteiger partial charge in [-0.05, 0) is 19.3 Å². The van der Waals surface area contributed by atoms with E-state index in [0.717, 1.165) is 44.9 Å². The number of rotatable bonds is 8. The lowest BCUT2D eigenvalue weighted by molar-refractivity contribution is 0.00704. The lowest BCUT2D eigenvalue weighted by Crippen LogP contribution is -2.50. The van der Waals surface area contributed by atoms with Gasteiger partial charge in [0.1, 0.15) is 0 Å². The number of methoxy groups -OCH3 is 1. The average molecular weight is 286 g/mol. The van der Waals surface area contributed by atoms with Crippen LogP contribution in [0.25, 0.3) is 0 Å². The molecule has 1 fully saturated rings. The van der Waals surface area contributed by atoms with Crippen LogP contribution in [0.2, 0.25) is 0 Å². The van der Waals surface area contributed by atoms with Gasteiger partial charge in [-0.3, -0.25) is 0 Å². The number of unbranched alkanes of at least 4 members (excludes halogenated alkanes) is 1. The number of aliphatic hydroxyl groups is 1. The fourth-order valence-electron chi connectivity index (χ4n) is 2.72. The highest BCUT2D eigenvalue weighted by Gasteiger charge is 2.29. The summed E-state index contributed by atoms with van der Waals surface area (Å²) in [6.07, 6.45) is 7.92. The van der Waals surface area contributed by atoms with Crippen LogP contribution in [0.1, 0.15) is 58.3 Å². The van der Waals surface area contributed by atoms with E-state index in [-0.39, 0.29) is 12.1 Å². The van der Waals surface area contributed by atoms with Gasteiger partial charge >= 0.3 is 6.03 Å². The number of hydrogen-bond acceptors (Lipinski definition) is 3. The van der Waals surface area contributed by atoms with Crippen molar-refractivity contribution in [3.8, 4) is 0 Å². The molecule has 0 radical (unpaired) electrons. The number of hydrogen-bond donors (Lipinski definition) is 3. The van der Waals surface area contributed by atoms with Gasteiger partial charge in [-0.15, -0.1) is 0 Å². The highest BCUT2D eigenvalue weighted by molar-refractivity contribution is 5.74. The Morgan fingerprint density at radius 1 is 1.35 bits per heavy atom. The summed E-state index contributed by atoms with van der Waals surface area (Å²) < 4.78 is 5.12. The van der Waals surface area contributed by atoms with Gasteiger partial charge in [0.05, 0.1) is 18.2 Å². The van der Waals surface area contributed by atoms with E-state index in [0.29, 0.717) is 13.2 Å². The zero-order valence-corrected chi connectivity index (χ0v) is 12.9. The van der Waals surface area contributed by atoms with Gasteiger partial charge in [-0.1, -0.05) is 39.0 Å². The second-order valence-electron chi connectivity index (χ2n) is 5.91. The fraction of sp³-hybridized carbons (Fsp3) is 0.933. The molecule has 0 bridgehead atoms.